The summed E-state index contributed by atoms with van der Waals surface area (Å²) in [5.41, 5.74) is 9.00. The Labute approximate surface area is 478 Å². The summed E-state index contributed by atoms with van der Waals surface area (Å²) < 4.78 is 6.01. The minimum atomic E-state index is -1.01. The number of anilines is 3. The molecular formula is C58H79ClN12O10. The first-order chi connectivity index (χ1) is 39.0. The number of amides is 10. The molecule has 2 aliphatic heterocycles. The number of aromatic amines is 1. The molecule has 23 heteroatoms. The van der Waals surface area contributed by atoms with Gasteiger partial charge in [0.2, 0.25) is 29.5 Å². The van der Waals surface area contributed by atoms with Crippen LogP contribution in [0.1, 0.15) is 100 Å². The Bertz CT molecular complexity index is 2950. The van der Waals surface area contributed by atoms with Crippen molar-refractivity contribution in [2.75, 3.05) is 94.4 Å². The van der Waals surface area contributed by atoms with Crippen LogP contribution >= 0.6 is 11.6 Å². The predicted molar refractivity (Wildman–Crippen MR) is 317 cm³/mol. The molecule has 1 saturated heterocycles. The number of aromatic nitrogens is 1. The first-order valence-electron chi connectivity index (χ1n) is 27.3. The summed E-state index contributed by atoms with van der Waals surface area (Å²) in [6.45, 7) is 14.4. The molecular weight excluding hydrogens is 1060 g/mol. The lowest BCUT2D eigenvalue weighted by Crippen LogP contribution is -2.48. The first kappa shape index (κ1) is 65.4. The normalized spacial score (nSPS) is 12.9. The molecule has 4 aromatic carbocycles. The number of rotatable bonds is 20. The Balaban J connectivity index is 0.00000193. The predicted octanol–water partition coefficient (Wildman–Crippen LogP) is 6.57. The number of alkyl halides is 1. The van der Waals surface area contributed by atoms with Crippen molar-refractivity contribution in [1.82, 2.24) is 41.0 Å². The van der Waals surface area contributed by atoms with Crippen molar-refractivity contribution in [3.8, 4) is 5.75 Å². The summed E-state index contributed by atoms with van der Waals surface area (Å²) in [5, 5.41) is 18.8. The highest BCUT2D eigenvalue weighted by Gasteiger charge is 2.31. The van der Waals surface area contributed by atoms with E-state index in [1.807, 2.05) is 45.2 Å². The molecule has 1 aromatic heterocycles. The van der Waals surface area contributed by atoms with E-state index >= 15 is 0 Å². The molecule has 0 saturated carbocycles. The molecule has 0 bridgehead atoms. The van der Waals surface area contributed by atoms with E-state index in [9.17, 15) is 43.2 Å². The zero-order valence-electron chi connectivity index (χ0n) is 47.7. The van der Waals surface area contributed by atoms with Crippen molar-refractivity contribution in [2.24, 2.45) is 5.73 Å². The summed E-state index contributed by atoms with van der Waals surface area (Å²) in [6.07, 6.45) is 3.79. The average molecular weight is 1140 g/mol. The molecule has 1 fully saturated rings. The minimum Gasteiger partial charge on any atom is -0.409 e. The van der Waals surface area contributed by atoms with Crippen LogP contribution in [0.5, 0.6) is 5.75 Å². The zero-order chi connectivity index (χ0) is 59.6. The first-order valence-corrected chi connectivity index (χ1v) is 28.0. The lowest BCUT2D eigenvalue weighted by atomic mass is 10.0. The van der Waals surface area contributed by atoms with Gasteiger partial charge in [-0.25, -0.2) is 9.59 Å². The lowest BCUT2D eigenvalue weighted by Gasteiger charge is -2.31. The highest BCUT2D eigenvalue weighted by molar-refractivity contribution is 6.15. The Morgan fingerprint density at radius 3 is 2.06 bits per heavy atom. The monoisotopic (exact) mass is 1140 g/mol. The standard InChI is InChI=1S/C52H62N12O10.C3H8.C2H6.CH3Cl/c1-32(65)63(33(2)66)22-7-11-46(67)55-21-20-54-31-47(68)60-42(10-6-19-56-51(53)72)49(70)57-36-14-12-34(13-15-36)48(69)58-37-16-17-41-35(28-37)29-43(59-41)50(71)64-23-18-39-38-8-4-5-9-40(38)45(30-44(39)64)74-52(73)62-26-24-61(3)25-27-62;1-3-2;2*1-2/h4-5,8-9,12-17,28-30,42,54,59H,6-7,10-11,18-27,31H2,1-3H3,(H,55,67)(H,57,70)(H,58,69)(H,60,68)(H3,53,56,72);3H2,1-2H3;1-2H3;1H3/t42-;;;/m0.../s1. The van der Waals surface area contributed by atoms with E-state index in [1.165, 1.54) is 38.8 Å². The van der Waals surface area contributed by atoms with Gasteiger partial charge in [-0.3, -0.25) is 38.5 Å². The topological polar surface area (TPSA) is 290 Å². The van der Waals surface area contributed by atoms with Gasteiger partial charge in [0.25, 0.3) is 11.8 Å². The van der Waals surface area contributed by atoms with Gasteiger partial charge in [-0.1, -0.05) is 58.4 Å². The van der Waals surface area contributed by atoms with E-state index < -0.39 is 47.7 Å². The molecule has 10 amide bonds. The average Bonchev–Trinajstić information content (AvgIpc) is 4.33. The van der Waals surface area contributed by atoms with Crippen LogP contribution in [-0.4, -0.2) is 158 Å². The third kappa shape index (κ3) is 19.6. The van der Waals surface area contributed by atoms with E-state index in [0.29, 0.717) is 83.9 Å². The lowest BCUT2D eigenvalue weighted by molar-refractivity contribution is -0.142. The van der Waals surface area contributed by atoms with Gasteiger partial charge < -0.3 is 62.1 Å². The summed E-state index contributed by atoms with van der Waals surface area (Å²) in [5.74, 6) is -2.40. The van der Waals surface area contributed by atoms with Crippen LogP contribution in [0.15, 0.2) is 78.9 Å². The van der Waals surface area contributed by atoms with E-state index in [-0.39, 0.29) is 57.4 Å². The third-order valence-corrected chi connectivity index (χ3v) is 12.8. The number of fused-ring (bicyclic) bond motifs is 4. The quantitative estimate of drug-likeness (QED) is 0.0303. The number of halogens is 1. The number of carbonyl (C=O) groups excluding carboxylic acids is 9. The molecule has 2 aliphatic rings. The molecule has 81 heavy (non-hydrogen) atoms. The number of H-pyrrole nitrogens is 1. The molecule has 0 radical (unpaired) electrons. The molecule has 3 heterocycles. The summed E-state index contributed by atoms with van der Waals surface area (Å²) in [4.78, 5) is 124. The Hall–Kier alpha value is -8.08. The van der Waals surface area contributed by atoms with Crippen molar-refractivity contribution in [3.05, 3.63) is 95.7 Å². The summed E-state index contributed by atoms with van der Waals surface area (Å²) in [7, 11) is 2.01. The Kier molecular flexibility index (Phi) is 27.1. The second-order valence-corrected chi connectivity index (χ2v) is 18.9. The molecule has 7 rings (SSSR count). The number of primary amides is 1. The fourth-order valence-corrected chi connectivity index (χ4v) is 8.83. The molecule has 0 spiro atoms. The van der Waals surface area contributed by atoms with Crippen molar-refractivity contribution in [1.29, 1.82) is 0 Å². The maximum Gasteiger partial charge on any atom is 0.415 e. The largest absolute Gasteiger partial charge is 0.415 e. The van der Waals surface area contributed by atoms with Crippen LogP contribution in [0.4, 0.5) is 26.7 Å². The number of benzene rings is 4. The number of nitrogens with one attached hydrogen (secondary N) is 7. The van der Waals surface area contributed by atoms with E-state index in [2.05, 4.69) is 67.2 Å². The molecule has 22 nitrogen and oxygen atoms in total. The number of hydrogen-bond acceptors (Lipinski definition) is 12. The number of ether oxygens (including phenoxy) is 1. The number of hydrogen-bond donors (Lipinski definition) is 8. The highest BCUT2D eigenvalue weighted by Crippen LogP contribution is 2.41. The second kappa shape index (κ2) is 33.5. The second-order valence-electron chi connectivity index (χ2n) is 18.9. The van der Waals surface area contributed by atoms with E-state index in [1.54, 1.807) is 52.3 Å². The third-order valence-electron chi connectivity index (χ3n) is 12.8. The van der Waals surface area contributed by atoms with Gasteiger partial charge in [-0.2, -0.15) is 0 Å². The summed E-state index contributed by atoms with van der Waals surface area (Å²) in [6, 6.07) is 20.9. The summed E-state index contributed by atoms with van der Waals surface area (Å²) >= 11 is 4.64. The van der Waals surface area contributed by atoms with Crippen LogP contribution in [0.2, 0.25) is 0 Å². The number of imide groups is 1. The molecule has 5 aromatic rings. The minimum absolute atomic E-state index is 0.102. The van der Waals surface area contributed by atoms with Gasteiger partial charge >= 0.3 is 12.1 Å². The van der Waals surface area contributed by atoms with Gasteiger partial charge in [0.05, 0.1) is 12.2 Å². The van der Waals surface area contributed by atoms with Crippen molar-refractivity contribution in [3.63, 3.8) is 0 Å². The maximum absolute atomic E-state index is 14.2. The number of piperazine rings is 1. The number of urea groups is 1. The van der Waals surface area contributed by atoms with E-state index in [4.69, 9.17) is 10.5 Å². The fourth-order valence-electron chi connectivity index (χ4n) is 8.83. The molecule has 0 aliphatic carbocycles. The number of likely N-dealkylation sites (N-methyl/N-ethyl adjacent to an activating group) is 1. The highest BCUT2D eigenvalue weighted by atomic mass is 35.5. The van der Waals surface area contributed by atoms with Crippen LogP contribution in [-0.2, 0) is 30.4 Å². The Morgan fingerprint density at radius 1 is 0.753 bits per heavy atom. The van der Waals surface area contributed by atoms with Gasteiger partial charge in [-0.05, 0) is 92.2 Å². The van der Waals surface area contributed by atoms with Gasteiger partial charge in [0.15, 0.2) is 0 Å². The van der Waals surface area contributed by atoms with Crippen LogP contribution in [0, 0.1) is 0 Å². The van der Waals surface area contributed by atoms with Crippen LogP contribution in [0.3, 0.4) is 0 Å². The number of carbonyl (C=O) groups is 9. The molecule has 0 unspecified atom stereocenters. The zero-order valence-corrected chi connectivity index (χ0v) is 48.5. The fraction of sp³-hybridized carbons (Fsp3) is 0.431. The van der Waals surface area contributed by atoms with E-state index in [0.717, 1.165) is 34.3 Å². The SMILES string of the molecule is CC.CC(=O)N(CCCC(=O)NCCNCC(=O)N[C@@H](CCCNC(N)=O)C(=O)Nc1ccc(C(=O)Nc2ccc3[nH]c(C(=O)N4CCc5c4cc(OC(=O)N4CCN(C)CC4)c4ccccc54)cc3c2)cc1)C(C)=O.CCC.CCl. The molecule has 9 N–H and O–H groups in total. The molecule has 438 valence electrons. The Morgan fingerprint density at radius 2 is 1.41 bits per heavy atom. The number of nitrogens with zero attached hydrogens (tertiary/aromatic N) is 4. The van der Waals surface area contributed by atoms with Gasteiger partial charge in [0.1, 0.15) is 17.5 Å². The molecule has 1 atom stereocenters. The van der Waals surface area contributed by atoms with Crippen molar-refractivity contribution < 1.29 is 47.9 Å². The van der Waals surface area contributed by atoms with Crippen LogP contribution in [0.25, 0.3) is 21.7 Å². The smallest absolute Gasteiger partial charge is 0.409 e. The van der Waals surface area contributed by atoms with Crippen LogP contribution < -0.4 is 47.3 Å². The van der Waals surface area contributed by atoms with Crippen molar-refractivity contribution in [2.45, 2.75) is 86.1 Å². The van der Waals surface area contributed by atoms with Crippen molar-refractivity contribution >= 4 is 104 Å². The number of nitrogens with two attached hydrogens (primary N) is 1. The van der Waals surface area contributed by atoms with Gasteiger partial charge in [-0.15, -0.1) is 11.6 Å². The maximum atomic E-state index is 14.2. The van der Waals surface area contributed by atoms with Gasteiger partial charge in [0, 0.05) is 125 Å².